The minimum Gasteiger partial charge on any atom is -0.501 e. The summed E-state index contributed by atoms with van der Waals surface area (Å²) < 4.78 is 15.1. The van der Waals surface area contributed by atoms with E-state index in [2.05, 4.69) is 11.6 Å². The number of nitrogens with zero attached hydrogens (tertiary/aromatic N) is 3. The molecule has 0 saturated heterocycles. The summed E-state index contributed by atoms with van der Waals surface area (Å²) in [5.74, 6) is -3.73. The first-order valence-electron chi connectivity index (χ1n) is 15.8. The molecule has 0 radical (unpaired) electrons. The van der Waals surface area contributed by atoms with Crippen LogP contribution in [-0.2, 0) is 28.6 Å². The Morgan fingerprint density at radius 1 is 0.958 bits per heavy atom. The van der Waals surface area contributed by atoms with Crippen molar-refractivity contribution in [2.75, 3.05) is 21.3 Å². The number of aliphatic hydroxyl groups is 1. The Bertz CT molecular complexity index is 1940. The summed E-state index contributed by atoms with van der Waals surface area (Å²) in [4.78, 5) is 57.2. The zero-order valence-electron chi connectivity index (χ0n) is 28.5. The molecule has 250 valence electrons. The molecule has 4 aliphatic heterocycles. The lowest BCUT2D eigenvalue weighted by atomic mass is 9.81. The van der Waals surface area contributed by atoms with Gasteiger partial charge in [0.15, 0.2) is 0 Å². The number of H-pyrrole nitrogens is 1. The maximum atomic E-state index is 13.4. The molecule has 0 aliphatic carbocycles. The Morgan fingerprint density at radius 2 is 1.67 bits per heavy atom. The van der Waals surface area contributed by atoms with E-state index in [1.807, 2.05) is 39.8 Å². The van der Waals surface area contributed by atoms with Crippen LogP contribution in [0, 0.1) is 18.8 Å². The minimum atomic E-state index is -1.04. The van der Waals surface area contributed by atoms with E-state index in [0.717, 1.165) is 46.5 Å². The van der Waals surface area contributed by atoms with Crippen molar-refractivity contribution in [3.63, 3.8) is 0 Å². The average molecular weight is 653 g/mol. The molecule has 2 unspecified atom stereocenters. The molecule has 2 atom stereocenters. The number of esters is 3. The van der Waals surface area contributed by atoms with E-state index in [9.17, 15) is 19.5 Å². The fraction of sp³-hybridized carbons (Fsp3) is 0.351. The fourth-order valence-electron chi connectivity index (χ4n) is 6.65. The van der Waals surface area contributed by atoms with Crippen LogP contribution in [0.3, 0.4) is 0 Å². The maximum Gasteiger partial charge on any atom is 0.373 e. The quantitative estimate of drug-likeness (QED) is 0.151. The number of aliphatic imine (C=N–C) groups is 3. The van der Waals surface area contributed by atoms with Gasteiger partial charge in [-0.2, -0.15) is 0 Å². The number of nitrogens with one attached hydrogen (secondary N) is 1. The van der Waals surface area contributed by atoms with E-state index in [4.69, 9.17) is 29.2 Å². The summed E-state index contributed by atoms with van der Waals surface area (Å²) in [5.41, 5.74) is 8.71. The largest absolute Gasteiger partial charge is 0.501 e. The second-order valence-electron chi connectivity index (χ2n) is 12.0. The van der Waals surface area contributed by atoms with Crippen LogP contribution in [0.5, 0.6) is 0 Å². The number of aromatic nitrogens is 1. The third kappa shape index (κ3) is 5.74. The topological polar surface area (TPSA) is 152 Å². The Labute approximate surface area is 279 Å². The Hall–Kier alpha value is -5.32. The first-order chi connectivity index (χ1) is 22.9. The van der Waals surface area contributed by atoms with Crippen molar-refractivity contribution in [1.82, 2.24) is 4.98 Å². The highest BCUT2D eigenvalue weighted by Crippen LogP contribution is 2.42. The first kappa shape index (κ1) is 34.0. The summed E-state index contributed by atoms with van der Waals surface area (Å²) in [7, 11) is 3.71. The van der Waals surface area contributed by atoms with E-state index >= 15 is 0 Å². The number of allylic oxidation sites excluding steroid dienone is 6. The van der Waals surface area contributed by atoms with Crippen molar-refractivity contribution in [3.05, 3.63) is 85.9 Å². The zero-order chi connectivity index (χ0) is 35.0. The summed E-state index contributed by atoms with van der Waals surface area (Å²) in [6, 6.07) is 0. The van der Waals surface area contributed by atoms with Crippen LogP contribution < -0.4 is 0 Å². The summed E-state index contributed by atoms with van der Waals surface area (Å²) >= 11 is 0. The van der Waals surface area contributed by atoms with Gasteiger partial charge in [-0.25, -0.2) is 19.6 Å². The highest BCUT2D eigenvalue weighted by Gasteiger charge is 2.42. The number of methoxy groups -OCH3 is 3. The zero-order valence-corrected chi connectivity index (χ0v) is 28.5. The molecule has 0 saturated carbocycles. The number of carbonyl (C=O) groups excluding carboxylic acids is 3. The van der Waals surface area contributed by atoms with Crippen LogP contribution >= 0.6 is 0 Å². The highest BCUT2D eigenvalue weighted by atomic mass is 16.5. The van der Waals surface area contributed by atoms with Crippen molar-refractivity contribution < 1.29 is 33.7 Å². The standard InChI is InChI=1S/C37H40N4O7/c1-10-21-17(3)24-14-26-19(5)23(12-13-30(42)46-7)33(40-26)32(35(43)37(45)48-9)34-31(36(44)47-8)20(6)27(41-34)16-29-22(11-2)18(4)25(39-29)15-28(21)38-24/h10,14-16,19,23,38,43H,1,11-13H2,2-9H3/b25-15?,26-14?,27-16?,35-32-. The summed E-state index contributed by atoms with van der Waals surface area (Å²) in [5, 5.41) is 11.5. The Balaban J connectivity index is 1.91. The van der Waals surface area contributed by atoms with E-state index in [0.29, 0.717) is 29.1 Å². The van der Waals surface area contributed by atoms with Crippen LogP contribution in [0.4, 0.5) is 0 Å². The number of hydrogen-bond acceptors (Lipinski definition) is 10. The second-order valence-corrected chi connectivity index (χ2v) is 12.0. The van der Waals surface area contributed by atoms with Crippen LogP contribution in [0.25, 0.3) is 18.2 Å². The van der Waals surface area contributed by atoms with Gasteiger partial charge in [-0.1, -0.05) is 26.5 Å². The van der Waals surface area contributed by atoms with Crippen molar-refractivity contribution in [2.45, 2.75) is 53.9 Å². The van der Waals surface area contributed by atoms with Crippen molar-refractivity contribution in [2.24, 2.45) is 26.8 Å². The highest BCUT2D eigenvalue weighted by molar-refractivity contribution is 6.41. The lowest BCUT2D eigenvalue weighted by molar-refractivity contribution is -0.141. The minimum absolute atomic E-state index is 0.0104. The van der Waals surface area contributed by atoms with Gasteiger partial charge in [0, 0.05) is 40.9 Å². The predicted molar refractivity (Wildman–Crippen MR) is 185 cm³/mol. The molecule has 0 fully saturated rings. The number of ether oxygens (including phenoxy) is 3. The lowest BCUT2D eigenvalue weighted by Gasteiger charge is -2.21. The third-order valence-corrected chi connectivity index (χ3v) is 9.44. The van der Waals surface area contributed by atoms with Crippen LogP contribution in [0.2, 0.25) is 0 Å². The molecule has 1 aromatic rings. The molecule has 2 N–H and O–H groups in total. The molecular formula is C37H40N4O7. The Kier molecular flexibility index (Phi) is 9.52. The van der Waals surface area contributed by atoms with E-state index < -0.39 is 29.6 Å². The molecule has 48 heavy (non-hydrogen) atoms. The second kappa shape index (κ2) is 13.4. The number of carbonyl (C=O) groups is 3. The van der Waals surface area contributed by atoms with Gasteiger partial charge in [0.25, 0.3) is 0 Å². The molecule has 5 rings (SSSR count). The maximum absolute atomic E-state index is 13.4. The number of aliphatic hydroxyl groups excluding tert-OH is 1. The van der Waals surface area contributed by atoms with Gasteiger partial charge < -0.3 is 24.3 Å². The van der Waals surface area contributed by atoms with Gasteiger partial charge >= 0.3 is 17.9 Å². The van der Waals surface area contributed by atoms with Crippen LogP contribution in [0.1, 0.15) is 69.5 Å². The molecule has 5 heterocycles. The monoisotopic (exact) mass is 652 g/mol. The van der Waals surface area contributed by atoms with Gasteiger partial charge in [0.1, 0.15) is 0 Å². The van der Waals surface area contributed by atoms with Crippen molar-refractivity contribution >= 4 is 53.3 Å². The molecular weight excluding hydrogens is 612 g/mol. The summed E-state index contributed by atoms with van der Waals surface area (Å²) in [6.07, 6.45) is 8.52. The molecule has 8 bridgehead atoms. The number of aromatic amines is 1. The lowest BCUT2D eigenvalue weighted by Crippen LogP contribution is -2.29. The molecule has 0 spiro atoms. The van der Waals surface area contributed by atoms with Gasteiger partial charge in [-0.3, -0.25) is 9.79 Å². The van der Waals surface area contributed by atoms with Crippen molar-refractivity contribution in [3.8, 4) is 0 Å². The van der Waals surface area contributed by atoms with Crippen LogP contribution in [0.15, 0.2) is 78.3 Å². The first-order valence-corrected chi connectivity index (χ1v) is 15.8. The number of hydrogen-bond donors (Lipinski definition) is 2. The molecule has 1 aromatic heterocycles. The predicted octanol–water partition coefficient (Wildman–Crippen LogP) is 6.32. The van der Waals surface area contributed by atoms with Crippen molar-refractivity contribution in [1.29, 1.82) is 0 Å². The smallest absolute Gasteiger partial charge is 0.373 e. The molecule has 11 heteroatoms. The average Bonchev–Trinajstić information content (AvgIpc) is 3.75. The van der Waals surface area contributed by atoms with Gasteiger partial charge in [0.05, 0.1) is 61.0 Å². The van der Waals surface area contributed by atoms with E-state index in [-0.39, 0.29) is 41.3 Å². The number of fused-ring (bicyclic) bond motifs is 5. The van der Waals surface area contributed by atoms with E-state index in [1.54, 1.807) is 19.1 Å². The van der Waals surface area contributed by atoms with Gasteiger partial charge in [-0.05, 0) is 74.1 Å². The molecule has 0 amide bonds. The molecule has 11 nitrogen and oxygen atoms in total. The SMILES string of the molecule is C=Cc1c2[nH]c(c1C)C=C1N=C(/C(=C(/O)C(=O)OC)C3=NC(=CC4=NC(=C2)C(C)=C4CC)C(C)=C3C(=O)OC)C(CCC(=O)OC)C1C. The normalized spacial score (nSPS) is 21.2. The van der Waals surface area contributed by atoms with E-state index in [1.165, 1.54) is 14.2 Å². The molecule has 4 aliphatic rings. The Morgan fingerprint density at radius 3 is 2.29 bits per heavy atom. The van der Waals surface area contributed by atoms with Crippen LogP contribution in [-0.4, -0.2) is 66.5 Å². The number of rotatable bonds is 7. The molecule has 0 aromatic carbocycles. The third-order valence-electron chi connectivity index (χ3n) is 9.44. The van der Waals surface area contributed by atoms with Gasteiger partial charge in [0.2, 0.25) is 5.76 Å². The van der Waals surface area contributed by atoms with Gasteiger partial charge in [-0.15, -0.1) is 0 Å². The fourth-order valence-corrected chi connectivity index (χ4v) is 6.65. The summed E-state index contributed by atoms with van der Waals surface area (Å²) in [6.45, 7) is 13.8.